The van der Waals surface area contributed by atoms with Crippen LogP contribution < -0.4 is 10.1 Å². The van der Waals surface area contributed by atoms with Crippen LogP contribution in [0.3, 0.4) is 0 Å². The Morgan fingerprint density at radius 3 is 2.36 bits per heavy atom. The van der Waals surface area contributed by atoms with Crippen LogP contribution in [0.2, 0.25) is 0 Å². The molecule has 0 aliphatic carbocycles. The van der Waals surface area contributed by atoms with Crippen molar-refractivity contribution in [2.24, 2.45) is 0 Å². The van der Waals surface area contributed by atoms with Crippen molar-refractivity contribution in [1.29, 1.82) is 0 Å². The van der Waals surface area contributed by atoms with Crippen LogP contribution in [0.25, 0.3) is 0 Å². The van der Waals surface area contributed by atoms with E-state index in [-0.39, 0.29) is 12.2 Å². The fourth-order valence-corrected chi connectivity index (χ4v) is 1.88. The third-order valence-corrected chi connectivity index (χ3v) is 3.15. The zero-order chi connectivity index (χ0) is 18.4. The molecule has 0 saturated carbocycles. The highest BCUT2D eigenvalue weighted by molar-refractivity contribution is 6.04. The van der Waals surface area contributed by atoms with Crippen LogP contribution in [0.4, 0.5) is 18.9 Å². The molecule has 25 heavy (non-hydrogen) atoms. The van der Waals surface area contributed by atoms with Gasteiger partial charge < -0.3 is 14.8 Å². The molecule has 1 N–H and O–H groups in total. The summed E-state index contributed by atoms with van der Waals surface area (Å²) in [5.41, 5.74) is -0.639. The first-order valence-electron chi connectivity index (χ1n) is 7.08. The Labute approximate surface area is 141 Å². The lowest BCUT2D eigenvalue weighted by Crippen LogP contribution is -2.14. The van der Waals surface area contributed by atoms with E-state index in [1.54, 1.807) is 0 Å². The lowest BCUT2D eigenvalue weighted by molar-refractivity contribution is -0.143. The summed E-state index contributed by atoms with van der Waals surface area (Å²) in [5, 5.41) is 2.49. The molecule has 0 saturated heterocycles. The SMILES string of the molecule is COC(=O)COc1ccc(NC(=O)c2cccc(C(F)(F)F)c2)cc1. The van der Waals surface area contributed by atoms with E-state index in [1.165, 1.54) is 43.5 Å². The van der Waals surface area contributed by atoms with Crippen LogP contribution in [0.5, 0.6) is 5.75 Å². The third kappa shape index (κ3) is 5.23. The summed E-state index contributed by atoms with van der Waals surface area (Å²) >= 11 is 0. The monoisotopic (exact) mass is 353 g/mol. The normalized spacial score (nSPS) is 10.9. The van der Waals surface area contributed by atoms with Gasteiger partial charge >= 0.3 is 12.1 Å². The van der Waals surface area contributed by atoms with Crippen LogP contribution in [0, 0.1) is 0 Å². The maximum Gasteiger partial charge on any atom is 0.416 e. The molecule has 0 atom stereocenters. The van der Waals surface area contributed by atoms with Gasteiger partial charge in [-0.3, -0.25) is 4.79 Å². The van der Waals surface area contributed by atoms with Crippen molar-refractivity contribution in [3.05, 3.63) is 59.7 Å². The van der Waals surface area contributed by atoms with Gasteiger partial charge in [-0.2, -0.15) is 13.2 Å². The topological polar surface area (TPSA) is 64.6 Å². The smallest absolute Gasteiger partial charge is 0.416 e. The highest BCUT2D eigenvalue weighted by Gasteiger charge is 2.30. The Hall–Kier alpha value is -3.03. The first kappa shape index (κ1) is 18.3. The molecule has 0 aliphatic rings. The second-order valence-electron chi connectivity index (χ2n) is 4.92. The summed E-state index contributed by atoms with van der Waals surface area (Å²) in [5.74, 6) is -0.835. The molecule has 0 aliphatic heterocycles. The Bertz CT molecular complexity index is 757. The Morgan fingerprint density at radius 2 is 1.76 bits per heavy atom. The number of amides is 1. The van der Waals surface area contributed by atoms with E-state index in [1.807, 2.05) is 0 Å². The minimum absolute atomic E-state index is 0.110. The quantitative estimate of drug-likeness (QED) is 0.836. The number of methoxy groups -OCH3 is 1. The predicted octanol–water partition coefficient (Wildman–Crippen LogP) is 3.51. The van der Waals surface area contributed by atoms with E-state index in [9.17, 15) is 22.8 Å². The second-order valence-corrected chi connectivity index (χ2v) is 4.92. The maximum absolute atomic E-state index is 12.7. The van der Waals surface area contributed by atoms with Crippen molar-refractivity contribution in [1.82, 2.24) is 0 Å². The van der Waals surface area contributed by atoms with Crippen LogP contribution in [0.1, 0.15) is 15.9 Å². The lowest BCUT2D eigenvalue weighted by Gasteiger charge is -2.10. The number of anilines is 1. The average molecular weight is 353 g/mol. The molecular weight excluding hydrogens is 339 g/mol. The number of benzene rings is 2. The molecule has 8 heteroatoms. The zero-order valence-electron chi connectivity index (χ0n) is 13.1. The predicted molar refractivity (Wildman–Crippen MR) is 83.4 cm³/mol. The summed E-state index contributed by atoms with van der Waals surface area (Å²) in [4.78, 5) is 23.0. The molecule has 2 aromatic rings. The van der Waals surface area contributed by atoms with Gasteiger partial charge in [0.2, 0.25) is 0 Å². The zero-order valence-corrected chi connectivity index (χ0v) is 13.1. The average Bonchev–Trinajstić information content (AvgIpc) is 2.60. The Kier molecular flexibility index (Phi) is 5.63. The molecule has 132 valence electrons. The van der Waals surface area contributed by atoms with Crippen LogP contribution >= 0.6 is 0 Å². The fraction of sp³-hybridized carbons (Fsp3) is 0.176. The number of carbonyl (C=O) groups is 2. The van der Waals surface area contributed by atoms with E-state index in [2.05, 4.69) is 10.1 Å². The third-order valence-electron chi connectivity index (χ3n) is 3.15. The van der Waals surface area contributed by atoms with Gasteiger partial charge in [0, 0.05) is 11.3 Å². The highest BCUT2D eigenvalue weighted by atomic mass is 19.4. The minimum atomic E-state index is -4.52. The van der Waals surface area contributed by atoms with Crippen molar-refractivity contribution in [2.75, 3.05) is 19.0 Å². The molecule has 0 aromatic heterocycles. The molecule has 0 spiro atoms. The van der Waals surface area contributed by atoms with Crippen LogP contribution in [-0.2, 0) is 15.7 Å². The number of alkyl halides is 3. The summed E-state index contributed by atoms with van der Waals surface area (Å²) in [7, 11) is 1.23. The van der Waals surface area contributed by atoms with Gasteiger partial charge in [0.25, 0.3) is 5.91 Å². The van der Waals surface area contributed by atoms with E-state index in [4.69, 9.17) is 4.74 Å². The van der Waals surface area contributed by atoms with Crippen molar-refractivity contribution >= 4 is 17.6 Å². The van der Waals surface area contributed by atoms with E-state index < -0.39 is 23.6 Å². The standard InChI is InChI=1S/C17H14F3NO4/c1-24-15(22)10-25-14-7-5-13(6-8-14)21-16(23)11-3-2-4-12(9-11)17(18,19)20/h2-9H,10H2,1H3,(H,21,23). The first-order valence-corrected chi connectivity index (χ1v) is 7.08. The van der Waals surface area contributed by atoms with Gasteiger partial charge in [0.05, 0.1) is 12.7 Å². The molecule has 2 rings (SSSR count). The van der Waals surface area contributed by atoms with Crippen molar-refractivity contribution in [2.45, 2.75) is 6.18 Å². The number of rotatable bonds is 5. The number of hydrogen-bond donors (Lipinski definition) is 1. The molecular formula is C17H14F3NO4. The van der Waals surface area contributed by atoms with Crippen molar-refractivity contribution < 1.29 is 32.2 Å². The summed E-state index contributed by atoms with van der Waals surface area (Å²) in [6, 6.07) is 10.1. The molecule has 5 nitrogen and oxygen atoms in total. The van der Waals surface area contributed by atoms with E-state index in [0.717, 1.165) is 12.1 Å². The van der Waals surface area contributed by atoms with Crippen molar-refractivity contribution in [3.8, 4) is 5.75 Å². The van der Waals surface area contributed by atoms with E-state index in [0.29, 0.717) is 11.4 Å². The van der Waals surface area contributed by atoms with Gasteiger partial charge in [-0.25, -0.2) is 4.79 Å². The molecule has 0 unspecified atom stereocenters. The summed E-state index contributed by atoms with van der Waals surface area (Å²) < 4.78 is 47.6. The second kappa shape index (κ2) is 7.69. The fourth-order valence-electron chi connectivity index (χ4n) is 1.88. The minimum Gasteiger partial charge on any atom is -0.482 e. The molecule has 1 amide bonds. The first-order chi connectivity index (χ1) is 11.8. The molecule has 0 radical (unpaired) electrons. The van der Waals surface area contributed by atoms with Crippen molar-refractivity contribution in [3.63, 3.8) is 0 Å². The molecule has 2 aromatic carbocycles. The Balaban J connectivity index is 2.02. The number of nitrogens with one attached hydrogen (secondary N) is 1. The number of ether oxygens (including phenoxy) is 2. The van der Waals surface area contributed by atoms with Gasteiger partial charge in [0.1, 0.15) is 5.75 Å². The van der Waals surface area contributed by atoms with E-state index >= 15 is 0 Å². The molecule has 0 heterocycles. The van der Waals surface area contributed by atoms with Crippen LogP contribution in [0.15, 0.2) is 48.5 Å². The number of hydrogen-bond acceptors (Lipinski definition) is 4. The molecule has 0 fully saturated rings. The van der Waals surface area contributed by atoms with Gasteiger partial charge in [-0.1, -0.05) is 6.07 Å². The number of halogens is 3. The lowest BCUT2D eigenvalue weighted by atomic mass is 10.1. The number of carbonyl (C=O) groups excluding carboxylic acids is 2. The maximum atomic E-state index is 12.7. The van der Waals surface area contributed by atoms with Crippen LogP contribution in [-0.4, -0.2) is 25.6 Å². The summed E-state index contributed by atoms with van der Waals surface area (Å²) in [6.07, 6.45) is -4.52. The summed E-state index contributed by atoms with van der Waals surface area (Å²) in [6.45, 7) is -0.257. The Morgan fingerprint density at radius 1 is 1.08 bits per heavy atom. The van der Waals surface area contributed by atoms with Gasteiger partial charge in [0.15, 0.2) is 6.61 Å². The van der Waals surface area contributed by atoms with Gasteiger partial charge in [-0.15, -0.1) is 0 Å². The molecule has 0 bridgehead atoms. The van der Waals surface area contributed by atoms with Gasteiger partial charge in [-0.05, 0) is 42.5 Å². The largest absolute Gasteiger partial charge is 0.482 e. The highest BCUT2D eigenvalue weighted by Crippen LogP contribution is 2.29. The number of esters is 1.